The number of benzene rings is 2. The lowest BCUT2D eigenvalue weighted by atomic mass is 10.0. The number of alkyl halides is 1. The fourth-order valence-corrected chi connectivity index (χ4v) is 3.17. The second kappa shape index (κ2) is 7.00. The Hall–Kier alpha value is -1.19. The van der Waals surface area contributed by atoms with Gasteiger partial charge in [0.15, 0.2) is 0 Å². The van der Waals surface area contributed by atoms with Crippen LogP contribution in [0.1, 0.15) is 16.0 Å². The van der Waals surface area contributed by atoms with Gasteiger partial charge in [0, 0.05) is 9.85 Å². The lowest BCUT2D eigenvalue weighted by Gasteiger charge is -2.13. The minimum absolute atomic E-state index is 0.161. The minimum atomic E-state index is 0.161. The average Bonchev–Trinajstić information content (AvgIpc) is 2.47. The van der Waals surface area contributed by atoms with Gasteiger partial charge in [0.1, 0.15) is 11.5 Å². The van der Waals surface area contributed by atoms with Gasteiger partial charge in [-0.15, -0.1) is 0 Å². The number of hydrogen-bond donors (Lipinski definition) is 0. The average molecular weight is 356 g/mol. The normalized spacial score (nSPS) is 12.0. The zero-order valence-corrected chi connectivity index (χ0v) is 13.7. The van der Waals surface area contributed by atoms with Crippen LogP contribution < -0.4 is 9.47 Å². The Labute approximate surface area is 132 Å². The lowest BCUT2D eigenvalue weighted by Crippen LogP contribution is -1.97. The van der Waals surface area contributed by atoms with E-state index >= 15 is 0 Å². The van der Waals surface area contributed by atoms with Gasteiger partial charge < -0.3 is 9.47 Å². The summed E-state index contributed by atoms with van der Waals surface area (Å²) in [5, 5.41) is 0.708. The Morgan fingerprint density at radius 1 is 1.00 bits per heavy atom. The predicted molar refractivity (Wildman–Crippen MR) is 86.4 cm³/mol. The zero-order chi connectivity index (χ0) is 14.5. The second-order valence-corrected chi connectivity index (χ2v) is 5.92. The smallest absolute Gasteiger partial charge is 0.120 e. The van der Waals surface area contributed by atoms with E-state index in [9.17, 15) is 0 Å². The number of methoxy groups -OCH3 is 2. The molecule has 0 bridgehead atoms. The van der Waals surface area contributed by atoms with E-state index in [2.05, 4.69) is 28.1 Å². The second-order valence-electron chi connectivity index (χ2n) is 4.41. The molecule has 0 aliphatic heterocycles. The van der Waals surface area contributed by atoms with E-state index < -0.39 is 0 Å². The zero-order valence-electron chi connectivity index (χ0n) is 11.4. The molecule has 0 saturated heterocycles. The van der Waals surface area contributed by atoms with Crippen LogP contribution in [0, 0.1) is 0 Å². The van der Waals surface area contributed by atoms with Gasteiger partial charge in [-0.3, -0.25) is 0 Å². The summed E-state index contributed by atoms with van der Waals surface area (Å²) in [6.45, 7) is 0. The highest BCUT2D eigenvalue weighted by atomic mass is 79.9. The standard InChI is InChI=1S/C16H16BrClO2/c1-19-12-5-3-11(4-6-12)9-15(17)14-8-7-13(20-2)10-16(14)18/h3-8,10,15H,9H2,1-2H3. The molecule has 2 aromatic rings. The molecule has 106 valence electrons. The molecule has 0 spiro atoms. The number of halogens is 2. The summed E-state index contributed by atoms with van der Waals surface area (Å²) in [6, 6.07) is 13.8. The fourth-order valence-electron chi connectivity index (χ4n) is 1.97. The SMILES string of the molecule is COc1ccc(CC(Br)c2ccc(OC)cc2Cl)cc1. The summed E-state index contributed by atoms with van der Waals surface area (Å²) in [5.74, 6) is 1.63. The van der Waals surface area contributed by atoms with Crippen molar-refractivity contribution < 1.29 is 9.47 Å². The molecule has 1 atom stereocenters. The molecule has 0 fully saturated rings. The number of hydrogen-bond acceptors (Lipinski definition) is 2. The molecule has 4 heteroatoms. The summed E-state index contributed by atoms with van der Waals surface area (Å²) in [6.07, 6.45) is 0.857. The first-order chi connectivity index (χ1) is 9.63. The van der Waals surface area contributed by atoms with Crippen LogP contribution in [-0.2, 0) is 6.42 Å². The summed E-state index contributed by atoms with van der Waals surface area (Å²) >= 11 is 9.99. The number of ether oxygens (including phenoxy) is 2. The summed E-state index contributed by atoms with van der Waals surface area (Å²) < 4.78 is 10.3. The highest BCUT2D eigenvalue weighted by Crippen LogP contribution is 2.34. The van der Waals surface area contributed by atoms with Gasteiger partial charge in [0.25, 0.3) is 0 Å². The van der Waals surface area contributed by atoms with Crippen molar-refractivity contribution in [1.29, 1.82) is 0 Å². The van der Waals surface area contributed by atoms with E-state index in [1.165, 1.54) is 5.56 Å². The van der Waals surface area contributed by atoms with E-state index in [0.717, 1.165) is 23.5 Å². The molecule has 0 saturated carbocycles. The van der Waals surface area contributed by atoms with Gasteiger partial charge in [-0.1, -0.05) is 45.7 Å². The van der Waals surface area contributed by atoms with Crippen LogP contribution in [0.25, 0.3) is 0 Å². The van der Waals surface area contributed by atoms with Crippen molar-refractivity contribution >= 4 is 27.5 Å². The molecule has 20 heavy (non-hydrogen) atoms. The molecule has 1 unspecified atom stereocenters. The van der Waals surface area contributed by atoms with E-state index in [1.54, 1.807) is 14.2 Å². The molecular formula is C16H16BrClO2. The van der Waals surface area contributed by atoms with E-state index in [4.69, 9.17) is 21.1 Å². The molecule has 2 nitrogen and oxygen atoms in total. The Balaban J connectivity index is 2.12. The first kappa shape index (κ1) is 15.2. The summed E-state index contributed by atoms with van der Waals surface area (Å²) in [4.78, 5) is 0.161. The van der Waals surface area contributed by atoms with Crippen LogP contribution in [0.4, 0.5) is 0 Å². The third kappa shape index (κ3) is 3.68. The Bertz CT molecular complexity index is 569. The van der Waals surface area contributed by atoms with Crippen molar-refractivity contribution in [3.8, 4) is 11.5 Å². The fraction of sp³-hybridized carbons (Fsp3) is 0.250. The third-order valence-corrected chi connectivity index (χ3v) is 4.26. The van der Waals surface area contributed by atoms with Crippen LogP contribution in [-0.4, -0.2) is 14.2 Å². The van der Waals surface area contributed by atoms with Gasteiger partial charge >= 0.3 is 0 Å². The summed E-state index contributed by atoms with van der Waals surface area (Å²) in [5.41, 5.74) is 2.28. The van der Waals surface area contributed by atoms with Crippen LogP contribution in [0.5, 0.6) is 11.5 Å². The van der Waals surface area contributed by atoms with Crippen LogP contribution in [0.15, 0.2) is 42.5 Å². The first-order valence-electron chi connectivity index (χ1n) is 6.24. The predicted octanol–water partition coefficient (Wildman–Crippen LogP) is 5.04. The Kier molecular flexibility index (Phi) is 5.32. The van der Waals surface area contributed by atoms with Crippen LogP contribution >= 0.6 is 27.5 Å². The van der Waals surface area contributed by atoms with Crippen molar-refractivity contribution in [2.75, 3.05) is 14.2 Å². The maximum absolute atomic E-state index is 6.29. The maximum Gasteiger partial charge on any atom is 0.120 e. The van der Waals surface area contributed by atoms with Crippen molar-refractivity contribution in [1.82, 2.24) is 0 Å². The van der Waals surface area contributed by atoms with Crippen molar-refractivity contribution in [2.45, 2.75) is 11.2 Å². The molecule has 0 aliphatic carbocycles. The quantitative estimate of drug-likeness (QED) is 0.700. The van der Waals surface area contributed by atoms with Gasteiger partial charge in [-0.05, 0) is 41.8 Å². The topological polar surface area (TPSA) is 18.5 Å². The van der Waals surface area contributed by atoms with Gasteiger partial charge in [0.05, 0.1) is 14.2 Å². The van der Waals surface area contributed by atoms with Crippen LogP contribution in [0.2, 0.25) is 5.02 Å². The highest BCUT2D eigenvalue weighted by molar-refractivity contribution is 9.09. The molecule has 0 heterocycles. The van der Waals surface area contributed by atoms with E-state index in [-0.39, 0.29) is 4.83 Å². The Morgan fingerprint density at radius 3 is 2.15 bits per heavy atom. The highest BCUT2D eigenvalue weighted by Gasteiger charge is 2.13. The van der Waals surface area contributed by atoms with Gasteiger partial charge in [0.2, 0.25) is 0 Å². The molecule has 2 aromatic carbocycles. The molecule has 0 aliphatic rings. The van der Waals surface area contributed by atoms with Crippen molar-refractivity contribution in [2.24, 2.45) is 0 Å². The van der Waals surface area contributed by atoms with Crippen molar-refractivity contribution in [3.05, 3.63) is 58.6 Å². The molecule has 2 rings (SSSR count). The molecular weight excluding hydrogens is 340 g/mol. The van der Waals surface area contributed by atoms with Gasteiger partial charge in [-0.2, -0.15) is 0 Å². The summed E-state index contributed by atoms with van der Waals surface area (Å²) in [7, 11) is 3.30. The minimum Gasteiger partial charge on any atom is -0.497 e. The molecule has 0 amide bonds. The lowest BCUT2D eigenvalue weighted by molar-refractivity contribution is 0.414. The van der Waals surface area contributed by atoms with Gasteiger partial charge in [-0.25, -0.2) is 0 Å². The molecule has 0 N–H and O–H groups in total. The molecule has 0 radical (unpaired) electrons. The largest absolute Gasteiger partial charge is 0.497 e. The maximum atomic E-state index is 6.29. The monoisotopic (exact) mass is 354 g/mol. The van der Waals surface area contributed by atoms with E-state index in [1.807, 2.05) is 30.3 Å². The van der Waals surface area contributed by atoms with Crippen LogP contribution in [0.3, 0.4) is 0 Å². The first-order valence-corrected chi connectivity index (χ1v) is 7.54. The third-order valence-electron chi connectivity index (χ3n) is 3.12. The number of rotatable bonds is 5. The van der Waals surface area contributed by atoms with Crippen molar-refractivity contribution in [3.63, 3.8) is 0 Å². The Morgan fingerprint density at radius 2 is 1.60 bits per heavy atom. The van der Waals surface area contributed by atoms with E-state index in [0.29, 0.717) is 5.02 Å². The molecule has 0 aromatic heterocycles.